The molecule has 4 heterocycles. The number of thioether (sulfide) groups is 2. The second kappa shape index (κ2) is 13.3. The van der Waals surface area contributed by atoms with E-state index in [1.807, 2.05) is 55.6 Å². The number of hydrogen-bond donors (Lipinski definition) is 5. The number of aromatic nitrogens is 1. The first-order chi connectivity index (χ1) is 19.4. The van der Waals surface area contributed by atoms with E-state index in [0.29, 0.717) is 13.2 Å². The molecule has 3 aliphatic heterocycles. The molecule has 0 bridgehead atoms. The molecular weight excluding hydrogens is 550 g/mol. The smallest absolute Gasteiger partial charge is 0.240 e. The summed E-state index contributed by atoms with van der Waals surface area (Å²) in [6.45, 7) is 3.10. The number of rotatable bonds is 8. The first kappa shape index (κ1) is 29.5. The molecule has 3 aliphatic rings. The molecule has 1 aromatic heterocycles. The van der Waals surface area contributed by atoms with Crippen LogP contribution >= 0.6 is 23.5 Å². The Morgan fingerprint density at radius 3 is 2.62 bits per heavy atom. The van der Waals surface area contributed by atoms with Gasteiger partial charge in [0.15, 0.2) is 0 Å². The number of pyridine rings is 1. The molecule has 0 aliphatic carbocycles. The number of aliphatic hydroxyl groups excluding tert-OH is 3. The van der Waals surface area contributed by atoms with E-state index in [4.69, 9.17) is 9.47 Å². The monoisotopic (exact) mass is 587 g/mol. The maximum absolute atomic E-state index is 13.7. The maximum atomic E-state index is 13.7. The molecule has 2 aromatic rings. The molecule has 1 aromatic carbocycles. The van der Waals surface area contributed by atoms with Gasteiger partial charge in [0.05, 0.1) is 18.8 Å². The summed E-state index contributed by atoms with van der Waals surface area (Å²) in [6, 6.07) is 10.8. The summed E-state index contributed by atoms with van der Waals surface area (Å²) >= 11 is 2.79. The SMILES string of the molecule is CSC1OC([C@H](NC(=O)C2NC[C@@H]3CC=CCOC23)[C@H](C)Sc2ccc(-c3cccnc3)cc2)C(O)C(O)C1O. The van der Waals surface area contributed by atoms with Crippen LogP contribution in [0.4, 0.5) is 0 Å². The number of allylic oxidation sites excluding steroid dienone is 1. The van der Waals surface area contributed by atoms with Gasteiger partial charge in [-0.3, -0.25) is 9.78 Å². The van der Waals surface area contributed by atoms with Crippen molar-refractivity contribution in [2.75, 3.05) is 19.4 Å². The number of hydrogen-bond acceptors (Lipinski definition) is 10. The van der Waals surface area contributed by atoms with Gasteiger partial charge < -0.3 is 35.4 Å². The summed E-state index contributed by atoms with van der Waals surface area (Å²) in [5.74, 6) is -0.0386. The van der Waals surface area contributed by atoms with Crippen molar-refractivity contribution in [1.29, 1.82) is 0 Å². The first-order valence-corrected chi connectivity index (χ1v) is 15.7. The van der Waals surface area contributed by atoms with Crippen molar-refractivity contribution in [3.8, 4) is 11.1 Å². The van der Waals surface area contributed by atoms with Crippen molar-refractivity contribution < 1.29 is 29.6 Å². The van der Waals surface area contributed by atoms with Gasteiger partial charge in [0.25, 0.3) is 0 Å². The molecule has 40 heavy (non-hydrogen) atoms. The molecule has 5 rings (SSSR count). The Hall–Kier alpha value is -1.96. The highest BCUT2D eigenvalue weighted by Crippen LogP contribution is 2.35. The zero-order valence-corrected chi connectivity index (χ0v) is 24.1. The van der Waals surface area contributed by atoms with Gasteiger partial charge in [-0.1, -0.05) is 37.3 Å². The molecular formula is C29H37N3O6S2. The van der Waals surface area contributed by atoms with Crippen LogP contribution in [0.25, 0.3) is 11.1 Å². The van der Waals surface area contributed by atoms with Crippen molar-refractivity contribution in [1.82, 2.24) is 15.6 Å². The molecule has 1 amide bonds. The molecule has 216 valence electrons. The van der Waals surface area contributed by atoms with Crippen LogP contribution in [0.2, 0.25) is 0 Å². The lowest BCUT2D eigenvalue weighted by molar-refractivity contribution is -0.205. The largest absolute Gasteiger partial charge is 0.388 e. The summed E-state index contributed by atoms with van der Waals surface area (Å²) in [4.78, 5) is 18.8. The van der Waals surface area contributed by atoms with Crippen LogP contribution in [0.1, 0.15) is 13.3 Å². The summed E-state index contributed by atoms with van der Waals surface area (Å²) in [5, 5.41) is 38.3. The molecule has 2 saturated heterocycles. The standard InChI is InChI=1S/C29H37N3O6S2/c1-16(40-20-10-8-17(9-11-20)18-7-5-12-30-14-18)21(27-24(34)23(33)25(35)29(38-27)39-2)32-28(36)22-26-19(15-31-22)6-3-4-13-37-26/h3-5,7-12,14,16,19,21-27,29,31,33-35H,6,13,15H2,1-2H3,(H,32,36)/t16-,19-,21+,22?,23?,24?,25?,26?,27?,29?/m0/s1. The number of carbonyl (C=O) groups excluding carboxylic acids is 1. The average Bonchev–Trinajstić information content (AvgIpc) is 3.24. The average molecular weight is 588 g/mol. The Labute approximate surface area is 243 Å². The van der Waals surface area contributed by atoms with Gasteiger partial charge in [-0.25, -0.2) is 0 Å². The Bertz CT molecular complexity index is 1150. The summed E-state index contributed by atoms with van der Waals surface area (Å²) in [7, 11) is 0. The van der Waals surface area contributed by atoms with Gasteiger partial charge in [0.2, 0.25) is 5.91 Å². The lowest BCUT2D eigenvalue weighted by Gasteiger charge is -2.44. The normalized spacial score (nSPS) is 33.5. The van der Waals surface area contributed by atoms with E-state index in [-0.39, 0.29) is 23.2 Å². The van der Waals surface area contributed by atoms with E-state index in [1.165, 1.54) is 23.5 Å². The lowest BCUT2D eigenvalue weighted by atomic mass is 9.92. The highest BCUT2D eigenvalue weighted by molar-refractivity contribution is 8.00. The minimum absolute atomic E-state index is 0.201. The number of nitrogens with zero attached hydrogens (tertiary/aromatic N) is 1. The van der Waals surface area contributed by atoms with Crippen LogP contribution in [-0.4, -0.2) is 98.9 Å². The molecule has 9 nitrogen and oxygen atoms in total. The Kier molecular flexibility index (Phi) is 9.85. The molecule has 5 N–H and O–H groups in total. The third-order valence-electron chi connectivity index (χ3n) is 7.84. The number of nitrogens with one attached hydrogen (secondary N) is 2. The summed E-state index contributed by atoms with van der Waals surface area (Å²) in [6.07, 6.45) is 5.00. The van der Waals surface area contributed by atoms with Crippen molar-refractivity contribution in [2.24, 2.45) is 5.92 Å². The summed E-state index contributed by atoms with van der Waals surface area (Å²) < 4.78 is 12.1. The van der Waals surface area contributed by atoms with E-state index in [1.54, 1.807) is 12.5 Å². The number of aliphatic hydroxyl groups is 3. The van der Waals surface area contributed by atoms with Crippen molar-refractivity contribution in [3.63, 3.8) is 0 Å². The Morgan fingerprint density at radius 2 is 1.90 bits per heavy atom. The van der Waals surface area contributed by atoms with Crippen LogP contribution < -0.4 is 10.6 Å². The molecule has 7 unspecified atom stereocenters. The lowest BCUT2D eigenvalue weighted by Crippen LogP contribution is -2.65. The van der Waals surface area contributed by atoms with Crippen molar-refractivity contribution >= 4 is 29.4 Å². The molecule has 0 radical (unpaired) electrons. The zero-order valence-electron chi connectivity index (χ0n) is 22.5. The van der Waals surface area contributed by atoms with Crippen LogP contribution in [0.3, 0.4) is 0 Å². The quantitative estimate of drug-likeness (QED) is 0.230. The fourth-order valence-electron chi connectivity index (χ4n) is 5.61. The molecule has 11 heteroatoms. The van der Waals surface area contributed by atoms with Gasteiger partial charge in [0.1, 0.15) is 35.9 Å². The topological polar surface area (TPSA) is 133 Å². The minimum atomic E-state index is -1.41. The third kappa shape index (κ3) is 6.42. The fourth-order valence-corrected chi connectivity index (χ4v) is 7.38. The number of amides is 1. The van der Waals surface area contributed by atoms with Gasteiger partial charge in [0, 0.05) is 35.0 Å². The van der Waals surface area contributed by atoms with Crippen molar-refractivity contribution in [3.05, 3.63) is 60.9 Å². The van der Waals surface area contributed by atoms with E-state index in [2.05, 4.69) is 21.7 Å². The number of fused-ring (bicyclic) bond motifs is 1. The third-order valence-corrected chi connectivity index (χ3v) is 9.91. The highest BCUT2D eigenvalue weighted by atomic mass is 32.2. The Balaban J connectivity index is 1.36. The van der Waals surface area contributed by atoms with E-state index in [0.717, 1.165) is 22.4 Å². The van der Waals surface area contributed by atoms with E-state index < -0.39 is 41.9 Å². The predicted molar refractivity (Wildman–Crippen MR) is 156 cm³/mol. The van der Waals surface area contributed by atoms with Gasteiger partial charge in [-0.2, -0.15) is 0 Å². The second-order valence-electron chi connectivity index (χ2n) is 10.5. The minimum Gasteiger partial charge on any atom is -0.388 e. The van der Waals surface area contributed by atoms with E-state index >= 15 is 0 Å². The number of carbonyl (C=O) groups is 1. The number of benzene rings is 1. The predicted octanol–water partition coefficient (Wildman–Crippen LogP) is 1.82. The zero-order chi connectivity index (χ0) is 28.2. The first-order valence-electron chi connectivity index (χ1n) is 13.6. The maximum Gasteiger partial charge on any atom is 0.240 e. The molecule has 0 saturated carbocycles. The van der Waals surface area contributed by atoms with Crippen LogP contribution in [0.15, 0.2) is 65.8 Å². The van der Waals surface area contributed by atoms with Gasteiger partial charge >= 0.3 is 0 Å². The van der Waals surface area contributed by atoms with Crippen LogP contribution in [-0.2, 0) is 14.3 Å². The van der Waals surface area contributed by atoms with Gasteiger partial charge in [-0.15, -0.1) is 23.5 Å². The van der Waals surface area contributed by atoms with Crippen LogP contribution in [0, 0.1) is 5.92 Å². The number of ether oxygens (including phenoxy) is 2. The van der Waals surface area contributed by atoms with Crippen molar-refractivity contribution in [2.45, 2.75) is 71.5 Å². The van der Waals surface area contributed by atoms with E-state index in [9.17, 15) is 20.1 Å². The Morgan fingerprint density at radius 1 is 1.10 bits per heavy atom. The van der Waals surface area contributed by atoms with Crippen LogP contribution in [0.5, 0.6) is 0 Å². The molecule has 10 atom stereocenters. The molecule has 2 fully saturated rings. The molecule has 0 spiro atoms. The van der Waals surface area contributed by atoms with Gasteiger partial charge in [-0.05, 0) is 42.0 Å². The summed E-state index contributed by atoms with van der Waals surface area (Å²) in [5.41, 5.74) is 1.31. The fraction of sp³-hybridized carbons (Fsp3) is 0.517. The second-order valence-corrected chi connectivity index (χ2v) is 12.8. The highest BCUT2D eigenvalue weighted by Gasteiger charge is 2.49.